The second-order valence-electron chi connectivity index (χ2n) is 6.40. The van der Waals surface area contributed by atoms with E-state index >= 15 is 0 Å². The van der Waals surface area contributed by atoms with Gasteiger partial charge >= 0.3 is 0 Å². The summed E-state index contributed by atoms with van der Waals surface area (Å²) in [6.45, 7) is 3.33. The molecule has 1 aliphatic carbocycles. The van der Waals surface area contributed by atoms with E-state index in [4.69, 9.17) is 5.73 Å². The van der Waals surface area contributed by atoms with Gasteiger partial charge in [0.05, 0.1) is 0 Å². The smallest absolute Gasteiger partial charge is 0.0246 e. The van der Waals surface area contributed by atoms with E-state index in [1.807, 2.05) is 0 Å². The molecule has 1 saturated heterocycles. The van der Waals surface area contributed by atoms with Crippen LogP contribution in [0.1, 0.15) is 44.9 Å². The van der Waals surface area contributed by atoms with Crippen LogP contribution in [-0.4, -0.2) is 55.6 Å². The third-order valence-electron chi connectivity index (χ3n) is 5.22. The Morgan fingerprint density at radius 1 is 1.11 bits per heavy atom. The maximum absolute atomic E-state index is 6.09. The van der Waals surface area contributed by atoms with Crippen LogP contribution in [0.15, 0.2) is 0 Å². The van der Waals surface area contributed by atoms with Crippen molar-refractivity contribution in [2.45, 2.75) is 57.0 Å². The second-order valence-corrected chi connectivity index (χ2v) is 6.40. The first-order valence-electron chi connectivity index (χ1n) is 7.83. The summed E-state index contributed by atoms with van der Waals surface area (Å²) < 4.78 is 0. The van der Waals surface area contributed by atoms with E-state index < -0.39 is 0 Å². The quantitative estimate of drug-likeness (QED) is 0.831. The van der Waals surface area contributed by atoms with Gasteiger partial charge in [-0.15, -0.1) is 0 Å². The second kappa shape index (κ2) is 6.88. The van der Waals surface area contributed by atoms with Crippen molar-refractivity contribution in [2.75, 3.05) is 33.7 Å². The monoisotopic (exact) mass is 253 g/mol. The fourth-order valence-electron chi connectivity index (χ4n) is 3.88. The predicted molar refractivity (Wildman–Crippen MR) is 77.7 cm³/mol. The number of piperidine rings is 1. The van der Waals surface area contributed by atoms with Crippen LogP contribution in [0, 0.1) is 5.92 Å². The maximum Gasteiger partial charge on any atom is 0.0246 e. The molecule has 0 bridgehead atoms. The fraction of sp³-hybridized carbons (Fsp3) is 1.00. The molecule has 0 aromatic carbocycles. The molecule has 1 aliphatic heterocycles. The van der Waals surface area contributed by atoms with Gasteiger partial charge in [-0.2, -0.15) is 0 Å². The lowest BCUT2D eigenvalue weighted by molar-refractivity contribution is 0.0699. The van der Waals surface area contributed by atoms with Gasteiger partial charge in [-0.1, -0.05) is 19.3 Å². The Morgan fingerprint density at radius 2 is 1.72 bits per heavy atom. The van der Waals surface area contributed by atoms with Crippen molar-refractivity contribution in [1.82, 2.24) is 9.80 Å². The third kappa shape index (κ3) is 3.46. The van der Waals surface area contributed by atoms with Crippen molar-refractivity contribution in [2.24, 2.45) is 11.7 Å². The van der Waals surface area contributed by atoms with Gasteiger partial charge in [0, 0.05) is 18.6 Å². The van der Waals surface area contributed by atoms with Crippen molar-refractivity contribution in [3.63, 3.8) is 0 Å². The van der Waals surface area contributed by atoms with Gasteiger partial charge in [-0.3, -0.25) is 4.90 Å². The average Bonchev–Trinajstić information content (AvgIpc) is 2.41. The highest BCUT2D eigenvalue weighted by atomic mass is 15.2. The molecule has 1 atom stereocenters. The van der Waals surface area contributed by atoms with E-state index in [9.17, 15) is 0 Å². The van der Waals surface area contributed by atoms with Crippen molar-refractivity contribution in [3.05, 3.63) is 0 Å². The number of rotatable bonds is 4. The Bertz CT molecular complexity index is 230. The first-order chi connectivity index (χ1) is 8.72. The van der Waals surface area contributed by atoms with Gasteiger partial charge in [0.2, 0.25) is 0 Å². The summed E-state index contributed by atoms with van der Waals surface area (Å²) in [5.74, 6) is 0.855. The van der Waals surface area contributed by atoms with E-state index in [0.717, 1.165) is 18.5 Å². The van der Waals surface area contributed by atoms with E-state index in [-0.39, 0.29) is 0 Å². The molecule has 0 spiro atoms. The molecule has 18 heavy (non-hydrogen) atoms. The summed E-state index contributed by atoms with van der Waals surface area (Å²) in [6, 6.07) is 1.38. The molecule has 1 saturated carbocycles. The zero-order chi connectivity index (χ0) is 13.0. The van der Waals surface area contributed by atoms with Crippen LogP contribution >= 0.6 is 0 Å². The molecule has 0 radical (unpaired) electrons. The van der Waals surface area contributed by atoms with Gasteiger partial charge in [-0.05, 0) is 58.8 Å². The molecule has 3 nitrogen and oxygen atoms in total. The number of likely N-dealkylation sites (N-methyl/N-ethyl adjacent to an activating group) is 1. The highest BCUT2D eigenvalue weighted by Gasteiger charge is 2.30. The minimum atomic E-state index is 0.624. The number of nitrogens with zero attached hydrogens (tertiary/aromatic N) is 2. The SMILES string of the molecule is CN1CCC(N(C)C(CN)C2CCCCC2)CC1. The Morgan fingerprint density at radius 3 is 2.28 bits per heavy atom. The molecule has 0 aromatic rings. The van der Waals surface area contributed by atoms with Crippen LogP contribution in [0.2, 0.25) is 0 Å². The van der Waals surface area contributed by atoms with Gasteiger partial charge in [-0.25, -0.2) is 0 Å². The molecule has 0 amide bonds. The van der Waals surface area contributed by atoms with Gasteiger partial charge in [0.15, 0.2) is 0 Å². The first kappa shape index (κ1) is 14.3. The van der Waals surface area contributed by atoms with Gasteiger partial charge in [0.1, 0.15) is 0 Å². The van der Waals surface area contributed by atoms with Crippen LogP contribution in [0.25, 0.3) is 0 Å². The molecule has 3 heteroatoms. The summed E-state index contributed by atoms with van der Waals surface area (Å²) in [7, 11) is 4.56. The Labute approximate surface area is 113 Å². The molecule has 1 unspecified atom stereocenters. The Balaban J connectivity index is 1.89. The molecule has 0 aromatic heterocycles. The summed E-state index contributed by atoms with van der Waals surface area (Å²) >= 11 is 0. The van der Waals surface area contributed by atoms with E-state index in [1.54, 1.807) is 0 Å². The molecule has 2 aliphatic rings. The molecular weight excluding hydrogens is 222 g/mol. The number of likely N-dealkylation sites (tertiary alicyclic amines) is 1. The van der Waals surface area contributed by atoms with Crippen LogP contribution < -0.4 is 5.73 Å². The highest BCUT2D eigenvalue weighted by molar-refractivity contribution is 4.86. The molecule has 106 valence electrons. The molecule has 2 fully saturated rings. The van der Waals surface area contributed by atoms with Crippen molar-refractivity contribution < 1.29 is 0 Å². The Kier molecular flexibility index (Phi) is 5.46. The van der Waals surface area contributed by atoms with Crippen molar-refractivity contribution in [3.8, 4) is 0 Å². The number of nitrogens with two attached hydrogens (primary N) is 1. The fourth-order valence-corrected chi connectivity index (χ4v) is 3.88. The van der Waals surface area contributed by atoms with E-state index in [1.165, 1.54) is 58.0 Å². The van der Waals surface area contributed by atoms with Crippen molar-refractivity contribution >= 4 is 0 Å². The van der Waals surface area contributed by atoms with Crippen LogP contribution in [0.5, 0.6) is 0 Å². The zero-order valence-corrected chi connectivity index (χ0v) is 12.3. The highest BCUT2D eigenvalue weighted by Crippen LogP contribution is 2.30. The molecular formula is C15H31N3. The maximum atomic E-state index is 6.09. The standard InChI is InChI=1S/C15H31N3/c1-17-10-8-14(9-11-17)18(2)15(12-16)13-6-4-3-5-7-13/h13-15H,3-12,16H2,1-2H3. The molecule has 2 N–H and O–H groups in total. The minimum Gasteiger partial charge on any atom is -0.329 e. The molecule has 1 heterocycles. The number of hydrogen-bond acceptors (Lipinski definition) is 3. The third-order valence-corrected chi connectivity index (χ3v) is 5.22. The predicted octanol–water partition coefficient (Wildman–Crippen LogP) is 1.92. The summed E-state index contributed by atoms with van der Waals surface area (Å²) in [6.07, 6.45) is 9.71. The van der Waals surface area contributed by atoms with Crippen LogP contribution in [0.3, 0.4) is 0 Å². The van der Waals surface area contributed by atoms with Crippen LogP contribution in [-0.2, 0) is 0 Å². The lowest BCUT2D eigenvalue weighted by Gasteiger charge is -2.43. The van der Waals surface area contributed by atoms with E-state index in [0.29, 0.717) is 6.04 Å². The largest absolute Gasteiger partial charge is 0.329 e. The average molecular weight is 253 g/mol. The van der Waals surface area contributed by atoms with Gasteiger partial charge in [0.25, 0.3) is 0 Å². The summed E-state index contributed by atoms with van der Waals surface area (Å²) in [5, 5.41) is 0. The van der Waals surface area contributed by atoms with Crippen molar-refractivity contribution in [1.29, 1.82) is 0 Å². The minimum absolute atomic E-state index is 0.624. The van der Waals surface area contributed by atoms with Gasteiger partial charge < -0.3 is 10.6 Å². The zero-order valence-electron chi connectivity index (χ0n) is 12.3. The van der Waals surface area contributed by atoms with Crippen LogP contribution in [0.4, 0.5) is 0 Å². The summed E-state index contributed by atoms with van der Waals surface area (Å²) in [5.41, 5.74) is 6.09. The Hall–Kier alpha value is -0.120. The van der Waals surface area contributed by atoms with E-state index in [2.05, 4.69) is 23.9 Å². The lowest BCUT2D eigenvalue weighted by atomic mass is 9.82. The first-order valence-corrected chi connectivity index (χ1v) is 7.83. The number of hydrogen-bond donors (Lipinski definition) is 1. The lowest BCUT2D eigenvalue weighted by Crippen LogP contribution is -2.51. The normalized spacial score (nSPS) is 26.7. The molecule has 2 rings (SSSR count). The topological polar surface area (TPSA) is 32.5 Å². The summed E-state index contributed by atoms with van der Waals surface area (Å²) in [4.78, 5) is 5.07.